The van der Waals surface area contributed by atoms with Crippen LogP contribution in [0.25, 0.3) is 10.7 Å². The third-order valence-electron chi connectivity index (χ3n) is 4.66. The Kier molecular flexibility index (Phi) is 4.53. The van der Waals surface area contributed by atoms with E-state index in [1.54, 1.807) is 17.4 Å². The molecular weight excluding hydrogens is 400 g/mol. The summed E-state index contributed by atoms with van der Waals surface area (Å²) in [4.78, 5) is 12.0. The van der Waals surface area contributed by atoms with Crippen LogP contribution in [-0.2, 0) is 17.1 Å². The quantitative estimate of drug-likeness (QED) is 0.334. The van der Waals surface area contributed by atoms with Crippen molar-refractivity contribution in [1.82, 2.24) is 14.8 Å². The van der Waals surface area contributed by atoms with Crippen LogP contribution in [0.1, 0.15) is 30.0 Å². The van der Waals surface area contributed by atoms with Crippen molar-refractivity contribution in [1.29, 1.82) is 0 Å². The van der Waals surface area contributed by atoms with Crippen LogP contribution in [0.15, 0.2) is 34.8 Å². The zero-order chi connectivity index (χ0) is 19.1. The fraction of sp³-hybridized carbons (Fsp3) is 0.333. The number of ether oxygens (including phenoxy) is 2. The molecule has 2 aliphatic rings. The standard InChI is InChI=1S/C18H16N4O4S2/c23-22(24)14-6-11-8-25-10-26-16(11)12(7-14)9-28-18-20-19-17(15-2-1-5-27-15)21(18)13-3-4-13/h1-2,5-7,13H,3-4,8-10H2. The second kappa shape index (κ2) is 7.19. The molecule has 1 aliphatic heterocycles. The Labute approximate surface area is 168 Å². The maximum atomic E-state index is 11.3. The molecule has 0 saturated heterocycles. The molecule has 1 saturated carbocycles. The first-order valence-electron chi connectivity index (χ1n) is 8.83. The lowest BCUT2D eigenvalue weighted by Gasteiger charge is -2.20. The van der Waals surface area contributed by atoms with Crippen LogP contribution in [0.5, 0.6) is 5.75 Å². The summed E-state index contributed by atoms with van der Waals surface area (Å²) in [5.74, 6) is 2.09. The third-order valence-corrected chi connectivity index (χ3v) is 6.52. The van der Waals surface area contributed by atoms with E-state index in [-0.39, 0.29) is 17.4 Å². The summed E-state index contributed by atoms with van der Waals surface area (Å²) >= 11 is 3.18. The average Bonchev–Trinajstić information content (AvgIpc) is 3.23. The Morgan fingerprint density at radius 3 is 3.00 bits per heavy atom. The Morgan fingerprint density at radius 1 is 1.36 bits per heavy atom. The molecule has 3 heterocycles. The van der Waals surface area contributed by atoms with Gasteiger partial charge < -0.3 is 9.47 Å². The number of aromatic nitrogens is 3. The molecule has 0 radical (unpaired) electrons. The van der Waals surface area contributed by atoms with Gasteiger partial charge in [-0.25, -0.2) is 0 Å². The zero-order valence-corrected chi connectivity index (χ0v) is 16.4. The highest BCUT2D eigenvalue weighted by Crippen LogP contribution is 2.43. The SMILES string of the molecule is O=[N+]([O-])c1cc2c(c(CSc3nnc(-c4cccs4)n3C3CC3)c1)OCOC2. The zero-order valence-electron chi connectivity index (χ0n) is 14.7. The highest BCUT2D eigenvalue weighted by Gasteiger charge is 2.31. The lowest BCUT2D eigenvalue weighted by atomic mass is 10.1. The maximum Gasteiger partial charge on any atom is 0.270 e. The van der Waals surface area contributed by atoms with Crippen LogP contribution in [0.2, 0.25) is 0 Å². The molecule has 28 heavy (non-hydrogen) atoms. The number of fused-ring (bicyclic) bond motifs is 1. The lowest BCUT2D eigenvalue weighted by molar-refractivity contribution is -0.385. The second-order valence-corrected chi connectivity index (χ2v) is 8.52. The molecule has 5 rings (SSSR count). The van der Waals surface area contributed by atoms with Gasteiger partial charge in [-0.2, -0.15) is 0 Å². The van der Waals surface area contributed by atoms with E-state index in [0.717, 1.165) is 34.3 Å². The molecule has 0 bridgehead atoms. The number of rotatable bonds is 6. The molecular formula is C18H16N4O4S2. The topological polar surface area (TPSA) is 92.3 Å². The summed E-state index contributed by atoms with van der Waals surface area (Å²) in [6, 6.07) is 7.58. The predicted molar refractivity (Wildman–Crippen MR) is 105 cm³/mol. The molecule has 8 nitrogen and oxygen atoms in total. The number of thioether (sulfide) groups is 1. The summed E-state index contributed by atoms with van der Waals surface area (Å²) in [7, 11) is 0. The van der Waals surface area contributed by atoms with E-state index in [1.165, 1.54) is 17.8 Å². The van der Waals surface area contributed by atoms with Crippen molar-refractivity contribution < 1.29 is 14.4 Å². The van der Waals surface area contributed by atoms with Crippen molar-refractivity contribution in [2.75, 3.05) is 6.79 Å². The van der Waals surface area contributed by atoms with Crippen molar-refractivity contribution in [3.8, 4) is 16.5 Å². The van der Waals surface area contributed by atoms with Gasteiger partial charge in [0.2, 0.25) is 0 Å². The number of nitro benzene ring substituents is 1. The van der Waals surface area contributed by atoms with Crippen LogP contribution in [0, 0.1) is 10.1 Å². The first-order valence-corrected chi connectivity index (χ1v) is 10.7. The van der Waals surface area contributed by atoms with Crippen molar-refractivity contribution in [3.63, 3.8) is 0 Å². The van der Waals surface area contributed by atoms with Gasteiger partial charge >= 0.3 is 0 Å². The summed E-state index contributed by atoms with van der Waals surface area (Å²) in [5, 5.41) is 23.0. The van der Waals surface area contributed by atoms with Gasteiger partial charge in [-0.1, -0.05) is 17.8 Å². The number of nitrogens with zero attached hydrogens (tertiary/aromatic N) is 4. The van der Waals surface area contributed by atoms with Gasteiger partial charge in [0, 0.05) is 35.1 Å². The normalized spacial score (nSPS) is 15.9. The Bertz CT molecular complexity index is 1030. The molecule has 1 aliphatic carbocycles. The van der Waals surface area contributed by atoms with Gasteiger partial charge in [0.15, 0.2) is 17.8 Å². The van der Waals surface area contributed by atoms with Crippen molar-refractivity contribution in [2.45, 2.75) is 36.4 Å². The van der Waals surface area contributed by atoms with Gasteiger partial charge in [-0.3, -0.25) is 14.7 Å². The largest absolute Gasteiger partial charge is 0.467 e. The molecule has 144 valence electrons. The summed E-state index contributed by atoms with van der Waals surface area (Å²) < 4.78 is 13.1. The molecule has 0 amide bonds. The van der Waals surface area contributed by atoms with Crippen LogP contribution in [0.3, 0.4) is 0 Å². The molecule has 3 aromatic rings. The molecule has 0 atom stereocenters. The van der Waals surface area contributed by atoms with Crippen LogP contribution < -0.4 is 4.74 Å². The number of non-ortho nitro benzene ring substituents is 1. The van der Waals surface area contributed by atoms with E-state index in [9.17, 15) is 10.1 Å². The number of benzene rings is 1. The van der Waals surface area contributed by atoms with Gasteiger partial charge in [0.1, 0.15) is 5.75 Å². The first kappa shape index (κ1) is 17.7. The minimum Gasteiger partial charge on any atom is -0.467 e. The first-order chi connectivity index (χ1) is 13.7. The predicted octanol–water partition coefficient (Wildman–Crippen LogP) is 4.41. The molecule has 0 spiro atoms. The highest BCUT2D eigenvalue weighted by molar-refractivity contribution is 7.98. The van der Waals surface area contributed by atoms with Gasteiger partial charge in [0.25, 0.3) is 5.69 Å². The Morgan fingerprint density at radius 2 is 2.25 bits per heavy atom. The van der Waals surface area contributed by atoms with Crippen LogP contribution in [-0.4, -0.2) is 26.5 Å². The van der Waals surface area contributed by atoms with Crippen LogP contribution >= 0.6 is 23.1 Å². The maximum absolute atomic E-state index is 11.3. The minimum atomic E-state index is -0.384. The highest BCUT2D eigenvalue weighted by atomic mass is 32.2. The van der Waals surface area contributed by atoms with E-state index in [2.05, 4.69) is 14.8 Å². The number of hydrogen-bond donors (Lipinski definition) is 0. The van der Waals surface area contributed by atoms with Crippen molar-refractivity contribution in [2.24, 2.45) is 0 Å². The Hall–Kier alpha value is -2.43. The van der Waals surface area contributed by atoms with E-state index in [4.69, 9.17) is 9.47 Å². The summed E-state index contributed by atoms with van der Waals surface area (Å²) in [6.07, 6.45) is 2.24. The molecule has 0 N–H and O–H groups in total. The van der Waals surface area contributed by atoms with Gasteiger partial charge in [-0.05, 0) is 24.3 Å². The van der Waals surface area contributed by atoms with E-state index < -0.39 is 0 Å². The van der Waals surface area contributed by atoms with E-state index in [0.29, 0.717) is 29.7 Å². The Balaban J connectivity index is 1.46. The minimum absolute atomic E-state index is 0.0476. The number of thiophene rings is 1. The third kappa shape index (κ3) is 3.27. The molecule has 1 fully saturated rings. The van der Waals surface area contributed by atoms with Crippen molar-refractivity contribution >= 4 is 28.8 Å². The fourth-order valence-electron chi connectivity index (χ4n) is 3.25. The number of hydrogen-bond acceptors (Lipinski definition) is 8. The summed E-state index contributed by atoms with van der Waals surface area (Å²) in [5.41, 5.74) is 1.53. The van der Waals surface area contributed by atoms with Gasteiger partial charge in [-0.15, -0.1) is 21.5 Å². The van der Waals surface area contributed by atoms with E-state index >= 15 is 0 Å². The monoisotopic (exact) mass is 416 g/mol. The second-order valence-electron chi connectivity index (χ2n) is 6.63. The molecule has 10 heteroatoms. The smallest absolute Gasteiger partial charge is 0.270 e. The van der Waals surface area contributed by atoms with Crippen LogP contribution in [0.4, 0.5) is 5.69 Å². The van der Waals surface area contributed by atoms with Crippen molar-refractivity contribution in [3.05, 3.63) is 50.9 Å². The van der Waals surface area contributed by atoms with E-state index in [1.807, 2.05) is 17.5 Å². The fourth-order valence-corrected chi connectivity index (χ4v) is 4.92. The lowest BCUT2D eigenvalue weighted by Crippen LogP contribution is -2.13. The molecule has 2 aromatic heterocycles. The average molecular weight is 416 g/mol. The molecule has 1 aromatic carbocycles. The number of nitro groups is 1. The van der Waals surface area contributed by atoms with Gasteiger partial charge in [0.05, 0.1) is 16.4 Å². The molecule has 0 unspecified atom stereocenters. The summed E-state index contributed by atoms with van der Waals surface area (Å²) in [6.45, 7) is 0.471.